The Morgan fingerprint density at radius 3 is 2.38 bits per heavy atom. The van der Waals surface area contributed by atoms with Gasteiger partial charge in [0, 0.05) is 28.3 Å². The molecule has 9 nitrogen and oxygen atoms in total. The number of amides is 1. The zero-order valence-electron chi connectivity index (χ0n) is 13.7. The molecule has 0 aliphatic heterocycles. The molecule has 0 heterocycles. The van der Waals surface area contributed by atoms with Gasteiger partial charge in [-0.05, 0) is 18.2 Å². The predicted molar refractivity (Wildman–Crippen MR) is 94.4 cm³/mol. The molecule has 1 amide bonds. The minimum Gasteiger partial charge on any atom is -0.502 e. The Hall–Kier alpha value is -3.33. The maximum Gasteiger partial charge on any atom is 0.312 e. The molecular weight excluding hydrogens is 366 g/mol. The molecule has 2 aromatic rings. The number of ether oxygens (including phenoxy) is 2. The lowest BCUT2D eigenvalue weighted by Crippen LogP contribution is -2.17. The van der Waals surface area contributed by atoms with E-state index >= 15 is 0 Å². The highest BCUT2D eigenvalue weighted by Crippen LogP contribution is 2.32. The third kappa shape index (κ3) is 4.39. The van der Waals surface area contributed by atoms with Crippen molar-refractivity contribution >= 4 is 29.4 Å². The second-order valence-corrected chi connectivity index (χ2v) is 5.36. The average molecular weight is 380 g/mol. The number of phenols is 1. The standard InChI is InChI=1S/C16H14ClN3O6/c1-25-12-4-9(5-13(7-12)26-2)16(22)19-18-8-10-3-11(17)6-14(15(10)21)20(23)24/h3-8,21H,1-2H3,(H,19,22)/b18-8-. The van der Waals surface area contributed by atoms with Gasteiger partial charge in [-0.25, -0.2) is 5.43 Å². The van der Waals surface area contributed by atoms with Gasteiger partial charge in [0.25, 0.3) is 5.91 Å². The van der Waals surface area contributed by atoms with Gasteiger partial charge in [-0.2, -0.15) is 5.10 Å². The van der Waals surface area contributed by atoms with E-state index in [0.717, 1.165) is 12.3 Å². The first kappa shape index (κ1) is 19.0. The van der Waals surface area contributed by atoms with Crippen molar-refractivity contribution in [3.63, 3.8) is 0 Å². The summed E-state index contributed by atoms with van der Waals surface area (Å²) in [5, 5.41) is 24.5. The average Bonchev–Trinajstić information content (AvgIpc) is 2.63. The lowest BCUT2D eigenvalue weighted by molar-refractivity contribution is -0.385. The van der Waals surface area contributed by atoms with Crippen LogP contribution in [0.1, 0.15) is 15.9 Å². The number of aromatic hydroxyl groups is 1. The summed E-state index contributed by atoms with van der Waals surface area (Å²) in [5.74, 6) is -0.349. The number of nitrogens with zero attached hydrogens (tertiary/aromatic N) is 2. The van der Waals surface area contributed by atoms with Crippen LogP contribution >= 0.6 is 11.6 Å². The number of phenolic OH excluding ortho intramolecular Hbond substituents is 1. The SMILES string of the molecule is COc1cc(OC)cc(C(=O)N/N=C\c2cc(Cl)cc([N+](=O)[O-])c2O)c1. The molecule has 2 rings (SSSR count). The third-order valence-corrected chi connectivity index (χ3v) is 3.48. The van der Waals surface area contributed by atoms with E-state index in [1.807, 2.05) is 0 Å². The molecule has 0 bridgehead atoms. The number of halogens is 1. The van der Waals surface area contributed by atoms with E-state index < -0.39 is 22.3 Å². The molecule has 0 aliphatic rings. The van der Waals surface area contributed by atoms with Crippen LogP contribution in [0.2, 0.25) is 5.02 Å². The quantitative estimate of drug-likeness (QED) is 0.452. The highest BCUT2D eigenvalue weighted by Gasteiger charge is 2.18. The summed E-state index contributed by atoms with van der Waals surface area (Å²) in [7, 11) is 2.90. The van der Waals surface area contributed by atoms with Crippen molar-refractivity contribution in [1.29, 1.82) is 0 Å². The topological polar surface area (TPSA) is 123 Å². The zero-order valence-corrected chi connectivity index (χ0v) is 14.5. The molecular formula is C16H14ClN3O6. The first-order chi connectivity index (χ1) is 12.3. The van der Waals surface area contributed by atoms with Gasteiger partial charge in [-0.3, -0.25) is 14.9 Å². The van der Waals surface area contributed by atoms with Crippen molar-refractivity contribution in [1.82, 2.24) is 5.43 Å². The Kier molecular flexibility index (Phi) is 5.97. The number of rotatable bonds is 6. The highest BCUT2D eigenvalue weighted by molar-refractivity contribution is 6.31. The summed E-state index contributed by atoms with van der Waals surface area (Å²) in [6.45, 7) is 0. The number of carbonyl (C=O) groups excluding carboxylic acids is 1. The molecule has 0 radical (unpaired) electrons. The molecule has 136 valence electrons. The number of benzene rings is 2. The second kappa shape index (κ2) is 8.17. The summed E-state index contributed by atoms with van der Waals surface area (Å²) in [4.78, 5) is 22.3. The van der Waals surface area contributed by atoms with Crippen molar-refractivity contribution in [3.05, 3.63) is 56.6 Å². The highest BCUT2D eigenvalue weighted by atomic mass is 35.5. The van der Waals surface area contributed by atoms with Crippen LogP contribution in [0.5, 0.6) is 17.2 Å². The zero-order chi connectivity index (χ0) is 19.3. The van der Waals surface area contributed by atoms with Crippen LogP contribution in [-0.2, 0) is 0 Å². The summed E-state index contributed by atoms with van der Waals surface area (Å²) < 4.78 is 10.2. The van der Waals surface area contributed by atoms with Crippen molar-refractivity contribution in [2.45, 2.75) is 0 Å². The van der Waals surface area contributed by atoms with Crippen molar-refractivity contribution in [3.8, 4) is 17.2 Å². The van der Waals surface area contributed by atoms with Crippen LogP contribution in [0.3, 0.4) is 0 Å². The number of hydrogen-bond donors (Lipinski definition) is 2. The van der Waals surface area contributed by atoms with Gasteiger partial charge < -0.3 is 14.6 Å². The Balaban J connectivity index is 2.21. The van der Waals surface area contributed by atoms with Gasteiger partial charge in [0.1, 0.15) is 11.5 Å². The van der Waals surface area contributed by atoms with Crippen LogP contribution in [0, 0.1) is 10.1 Å². The van der Waals surface area contributed by atoms with Crippen molar-refractivity contribution in [2.75, 3.05) is 14.2 Å². The van der Waals surface area contributed by atoms with Crippen LogP contribution in [0.4, 0.5) is 5.69 Å². The Labute approximate surface area is 153 Å². The first-order valence-corrected chi connectivity index (χ1v) is 7.47. The predicted octanol–water partition coefficient (Wildman–Crippen LogP) is 2.73. The fourth-order valence-corrected chi connectivity index (χ4v) is 2.23. The van der Waals surface area contributed by atoms with Crippen LogP contribution < -0.4 is 14.9 Å². The number of nitro benzene ring substituents is 1. The normalized spacial score (nSPS) is 10.6. The molecule has 10 heteroatoms. The minimum atomic E-state index is -0.778. The Morgan fingerprint density at radius 2 is 1.85 bits per heavy atom. The van der Waals surface area contributed by atoms with Gasteiger partial charge in [0.05, 0.1) is 25.4 Å². The fraction of sp³-hybridized carbons (Fsp3) is 0.125. The van der Waals surface area contributed by atoms with Crippen LogP contribution in [-0.4, -0.2) is 36.4 Å². The fourth-order valence-electron chi connectivity index (χ4n) is 2.01. The summed E-state index contributed by atoms with van der Waals surface area (Å²) in [6, 6.07) is 6.84. The number of methoxy groups -OCH3 is 2. The molecule has 0 saturated carbocycles. The number of hydrogen-bond acceptors (Lipinski definition) is 7. The number of nitrogens with one attached hydrogen (secondary N) is 1. The molecule has 0 spiro atoms. The first-order valence-electron chi connectivity index (χ1n) is 7.09. The Morgan fingerprint density at radius 1 is 1.23 bits per heavy atom. The molecule has 2 N–H and O–H groups in total. The molecule has 0 saturated heterocycles. The molecule has 0 atom stereocenters. The Bertz CT molecular complexity index is 862. The largest absolute Gasteiger partial charge is 0.502 e. The van der Waals surface area contributed by atoms with E-state index in [0.29, 0.717) is 11.5 Å². The lowest BCUT2D eigenvalue weighted by atomic mass is 10.2. The lowest BCUT2D eigenvalue weighted by Gasteiger charge is -2.07. The summed E-state index contributed by atoms with van der Waals surface area (Å²) in [5.41, 5.74) is 1.88. The van der Waals surface area contributed by atoms with E-state index in [-0.39, 0.29) is 16.1 Å². The van der Waals surface area contributed by atoms with Gasteiger partial charge >= 0.3 is 5.69 Å². The van der Waals surface area contributed by atoms with Crippen molar-refractivity contribution < 1.29 is 24.3 Å². The van der Waals surface area contributed by atoms with Gasteiger partial charge in [-0.1, -0.05) is 11.6 Å². The maximum atomic E-state index is 12.2. The molecule has 0 aromatic heterocycles. The molecule has 0 unspecified atom stereocenters. The third-order valence-electron chi connectivity index (χ3n) is 3.26. The van der Waals surface area contributed by atoms with Crippen LogP contribution in [0.25, 0.3) is 0 Å². The minimum absolute atomic E-state index is 0.0206. The smallest absolute Gasteiger partial charge is 0.312 e. The monoisotopic (exact) mass is 379 g/mol. The summed E-state index contributed by atoms with van der Waals surface area (Å²) in [6.07, 6.45) is 1.05. The van der Waals surface area contributed by atoms with E-state index in [1.165, 1.54) is 32.4 Å². The molecule has 26 heavy (non-hydrogen) atoms. The van der Waals surface area contributed by atoms with Crippen LogP contribution in [0.15, 0.2) is 35.4 Å². The molecule has 0 fully saturated rings. The van der Waals surface area contributed by atoms with Crippen molar-refractivity contribution in [2.24, 2.45) is 5.10 Å². The van der Waals surface area contributed by atoms with Gasteiger partial charge in [0.15, 0.2) is 0 Å². The van der Waals surface area contributed by atoms with Gasteiger partial charge in [0.2, 0.25) is 5.75 Å². The van der Waals surface area contributed by atoms with E-state index in [4.69, 9.17) is 21.1 Å². The number of nitro groups is 1. The number of carbonyl (C=O) groups is 1. The number of hydrazone groups is 1. The molecule has 0 aliphatic carbocycles. The van der Waals surface area contributed by atoms with E-state index in [2.05, 4.69) is 10.5 Å². The second-order valence-electron chi connectivity index (χ2n) is 4.92. The van der Waals surface area contributed by atoms with E-state index in [9.17, 15) is 20.0 Å². The molecule has 2 aromatic carbocycles. The van der Waals surface area contributed by atoms with E-state index in [1.54, 1.807) is 6.07 Å². The maximum absolute atomic E-state index is 12.2. The summed E-state index contributed by atoms with van der Waals surface area (Å²) >= 11 is 5.78. The van der Waals surface area contributed by atoms with Gasteiger partial charge in [-0.15, -0.1) is 0 Å².